The number of carbonyl (C=O) groups excluding carboxylic acids is 3. The average molecular weight is 458 g/mol. The van der Waals surface area contributed by atoms with Crippen molar-refractivity contribution < 1.29 is 19.1 Å². The van der Waals surface area contributed by atoms with Gasteiger partial charge in [-0.15, -0.1) is 0 Å². The second kappa shape index (κ2) is 11.6. The second-order valence-corrected chi connectivity index (χ2v) is 8.12. The normalized spacial score (nSPS) is 15.1. The molecular formula is C24H28ClN3O4. The monoisotopic (exact) mass is 457 g/mol. The molecule has 2 aromatic rings. The van der Waals surface area contributed by atoms with Gasteiger partial charge in [0.25, 0.3) is 11.8 Å². The summed E-state index contributed by atoms with van der Waals surface area (Å²) in [5.41, 5.74) is 0.965. The van der Waals surface area contributed by atoms with Crippen LogP contribution in [-0.2, 0) is 9.53 Å². The number of ether oxygens (including phenoxy) is 1. The Morgan fingerprint density at radius 2 is 1.72 bits per heavy atom. The summed E-state index contributed by atoms with van der Waals surface area (Å²) in [6.07, 6.45) is 1.20. The van der Waals surface area contributed by atoms with Crippen LogP contribution in [0, 0.1) is 5.92 Å². The minimum absolute atomic E-state index is 0.0229. The molecule has 0 saturated carbocycles. The summed E-state index contributed by atoms with van der Waals surface area (Å²) >= 11 is 6.16. The van der Waals surface area contributed by atoms with Crippen molar-refractivity contribution in [1.82, 2.24) is 15.5 Å². The zero-order valence-electron chi connectivity index (χ0n) is 18.1. The van der Waals surface area contributed by atoms with Crippen LogP contribution in [0.4, 0.5) is 0 Å². The number of halogens is 1. The number of amides is 3. The largest absolute Gasteiger partial charge is 0.383 e. The summed E-state index contributed by atoms with van der Waals surface area (Å²) in [6.45, 7) is 1.75. The summed E-state index contributed by atoms with van der Waals surface area (Å²) in [5.74, 6) is -0.797. The number of rotatable bonds is 8. The predicted molar refractivity (Wildman–Crippen MR) is 123 cm³/mol. The van der Waals surface area contributed by atoms with Gasteiger partial charge < -0.3 is 20.3 Å². The Balaban J connectivity index is 1.68. The number of nitrogens with zero attached hydrogens (tertiary/aromatic N) is 1. The zero-order valence-corrected chi connectivity index (χ0v) is 18.8. The SMILES string of the molecule is COCCNC(=O)[C@@H](NC(=O)c1ccccc1Cl)C1CCN(C(=O)c2ccccc2)CC1. The van der Waals surface area contributed by atoms with Crippen LogP contribution in [0.3, 0.4) is 0 Å². The smallest absolute Gasteiger partial charge is 0.253 e. The molecule has 0 spiro atoms. The van der Waals surface area contributed by atoms with Gasteiger partial charge in [-0.1, -0.05) is 41.9 Å². The molecule has 0 aromatic heterocycles. The molecule has 0 aliphatic carbocycles. The molecule has 1 saturated heterocycles. The van der Waals surface area contributed by atoms with E-state index < -0.39 is 11.9 Å². The summed E-state index contributed by atoms with van der Waals surface area (Å²) < 4.78 is 5.00. The molecule has 1 heterocycles. The van der Waals surface area contributed by atoms with Crippen LogP contribution in [0.15, 0.2) is 54.6 Å². The van der Waals surface area contributed by atoms with Gasteiger partial charge in [-0.3, -0.25) is 14.4 Å². The third-order valence-electron chi connectivity index (χ3n) is 5.61. The first-order valence-electron chi connectivity index (χ1n) is 10.7. The van der Waals surface area contributed by atoms with Gasteiger partial charge in [-0.2, -0.15) is 0 Å². The van der Waals surface area contributed by atoms with E-state index in [0.717, 1.165) is 0 Å². The fraction of sp³-hybridized carbons (Fsp3) is 0.375. The van der Waals surface area contributed by atoms with Gasteiger partial charge in [0.05, 0.1) is 17.2 Å². The number of hydrogen-bond donors (Lipinski definition) is 2. The summed E-state index contributed by atoms with van der Waals surface area (Å²) in [6, 6.07) is 15.1. The maximum atomic E-state index is 12.9. The van der Waals surface area contributed by atoms with Crippen LogP contribution in [0.25, 0.3) is 0 Å². The number of likely N-dealkylation sites (tertiary alicyclic amines) is 1. The molecule has 7 nitrogen and oxygen atoms in total. The van der Waals surface area contributed by atoms with E-state index in [2.05, 4.69) is 10.6 Å². The van der Waals surface area contributed by atoms with Crippen molar-refractivity contribution >= 4 is 29.3 Å². The molecule has 1 aliphatic rings. The van der Waals surface area contributed by atoms with E-state index in [1.54, 1.807) is 48.4 Å². The lowest BCUT2D eigenvalue weighted by molar-refractivity contribution is -0.124. The Bertz CT molecular complexity index is 930. The van der Waals surface area contributed by atoms with Crippen LogP contribution in [-0.4, -0.2) is 62.0 Å². The Morgan fingerprint density at radius 3 is 2.38 bits per heavy atom. The van der Waals surface area contributed by atoms with E-state index in [0.29, 0.717) is 55.2 Å². The standard InChI is InChI=1S/C24H28ClN3O4/c1-32-16-13-26-23(30)21(27-22(29)19-9-5-6-10-20(19)25)17-11-14-28(15-12-17)24(31)18-7-3-2-4-8-18/h2-10,17,21H,11-16H2,1H3,(H,26,30)(H,27,29)/t21-/m0/s1. The van der Waals surface area contributed by atoms with Crippen LogP contribution in [0.2, 0.25) is 5.02 Å². The van der Waals surface area contributed by atoms with Gasteiger partial charge in [0.1, 0.15) is 6.04 Å². The van der Waals surface area contributed by atoms with Gasteiger partial charge >= 0.3 is 0 Å². The molecule has 1 atom stereocenters. The number of carbonyl (C=O) groups is 3. The quantitative estimate of drug-likeness (QED) is 0.597. The number of nitrogens with one attached hydrogen (secondary N) is 2. The van der Waals surface area contributed by atoms with Gasteiger partial charge in [0, 0.05) is 32.3 Å². The molecule has 3 rings (SSSR count). The van der Waals surface area contributed by atoms with E-state index in [4.69, 9.17) is 16.3 Å². The van der Waals surface area contributed by atoms with Crippen molar-refractivity contribution in [3.05, 3.63) is 70.7 Å². The lowest BCUT2D eigenvalue weighted by Gasteiger charge is -2.36. The van der Waals surface area contributed by atoms with Gasteiger partial charge in [-0.05, 0) is 43.0 Å². The Morgan fingerprint density at radius 1 is 1.06 bits per heavy atom. The highest BCUT2D eigenvalue weighted by Gasteiger charge is 2.34. The first-order valence-corrected chi connectivity index (χ1v) is 11.1. The van der Waals surface area contributed by atoms with Crippen molar-refractivity contribution in [3.63, 3.8) is 0 Å². The summed E-state index contributed by atoms with van der Waals surface area (Å²) in [5, 5.41) is 6.01. The van der Waals surface area contributed by atoms with Crippen LogP contribution >= 0.6 is 11.6 Å². The highest BCUT2D eigenvalue weighted by atomic mass is 35.5. The molecule has 2 aromatic carbocycles. The summed E-state index contributed by atoms with van der Waals surface area (Å²) in [7, 11) is 1.56. The molecule has 2 N–H and O–H groups in total. The Hall–Kier alpha value is -2.90. The van der Waals surface area contributed by atoms with Crippen LogP contribution in [0.5, 0.6) is 0 Å². The zero-order chi connectivity index (χ0) is 22.9. The molecular weight excluding hydrogens is 430 g/mol. The fourth-order valence-electron chi connectivity index (χ4n) is 3.85. The third kappa shape index (κ3) is 6.08. The number of piperidine rings is 1. The lowest BCUT2D eigenvalue weighted by Crippen LogP contribution is -2.54. The molecule has 0 radical (unpaired) electrons. The van der Waals surface area contributed by atoms with Crippen LogP contribution < -0.4 is 10.6 Å². The topological polar surface area (TPSA) is 87.7 Å². The highest BCUT2D eigenvalue weighted by Crippen LogP contribution is 2.23. The molecule has 3 amide bonds. The van der Waals surface area contributed by atoms with Gasteiger partial charge in [0.2, 0.25) is 5.91 Å². The minimum atomic E-state index is -0.732. The van der Waals surface area contributed by atoms with Crippen molar-refractivity contribution in [2.75, 3.05) is 33.4 Å². The maximum absolute atomic E-state index is 12.9. The highest BCUT2D eigenvalue weighted by molar-refractivity contribution is 6.33. The third-order valence-corrected chi connectivity index (χ3v) is 5.94. The first-order chi connectivity index (χ1) is 15.5. The molecule has 170 valence electrons. The molecule has 1 aliphatic heterocycles. The number of methoxy groups -OCH3 is 1. The second-order valence-electron chi connectivity index (χ2n) is 7.71. The van der Waals surface area contributed by atoms with E-state index in [9.17, 15) is 14.4 Å². The van der Waals surface area contributed by atoms with Gasteiger partial charge in [-0.25, -0.2) is 0 Å². The number of benzene rings is 2. The van der Waals surface area contributed by atoms with Crippen molar-refractivity contribution in [1.29, 1.82) is 0 Å². The number of hydrogen-bond acceptors (Lipinski definition) is 4. The van der Waals surface area contributed by atoms with Crippen molar-refractivity contribution in [3.8, 4) is 0 Å². The molecule has 0 unspecified atom stereocenters. The molecule has 32 heavy (non-hydrogen) atoms. The van der Waals surface area contributed by atoms with E-state index in [1.807, 2.05) is 18.2 Å². The van der Waals surface area contributed by atoms with Crippen LogP contribution in [0.1, 0.15) is 33.6 Å². The predicted octanol–water partition coefficient (Wildman–Crippen LogP) is 2.75. The summed E-state index contributed by atoms with van der Waals surface area (Å²) in [4.78, 5) is 40.3. The van der Waals surface area contributed by atoms with Gasteiger partial charge in [0.15, 0.2) is 0 Å². The minimum Gasteiger partial charge on any atom is -0.383 e. The molecule has 8 heteroatoms. The van der Waals surface area contributed by atoms with E-state index >= 15 is 0 Å². The molecule has 0 bridgehead atoms. The molecule has 1 fully saturated rings. The Labute approximate surface area is 193 Å². The first kappa shape index (κ1) is 23.8. The Kier molecular flexibility index (Phi) is 8.64. The van der Waals surface area contributed by atoms with Crippen molar-refractivity contribution in [2.45, 2.75) is 18.9 Å². The van der Waals surface area contributed by atoms with Crippen molar-refractivity contribution in [2.24, 2.45) is 5.92 Å². The fourth-order valence-corrected chi connectivity index (χ4v) is 4.07. The average Bonchev–Trinajstić information content (AvgIpc) is 2.83. The van der Waals surface area contributed by atoms with E-state index in [-0.39, 0.29) is 17.7 Å². The van der Waals surface area contributed by atoms with E-state index in [1.165, 1.54) is 0 Å². The lowest BCUT2D eigenvalue weighted by atomic mass is 9.88. The maximum Gasteiger partial charge on any atom is 0.253 e.